The predicted molar refractivity (Wildman–Crippen MR) is 84.0 cm³/mol. The Morgan fingerprint density at radius 3 is 2.15 bits per heavy atom. The average molecular weight is 269 g/mol. The van der Waals surface area contributed by atoms with Crippen LogP contribution in [0.3, 0.4) is 0 Å². The molecule has 2 N–H and O–H groups in total. The molecule has 2 heteroatoms. The second-order valence-electron chi connectivity index (χ2n) is 5.56. The fraction of sp³-hybridized carbons (Fsp3) is 0.333. The summed E-state index contributed by atoms with van der Waals surface area (Å²) in [4.78, 5) is 0. The van der Waals surface area contributed by atoms with E-state index in [0.717, 1.165) is 0 Å². The topological polar surface area (TPSA) is 32.3 Å². The first-order valence-corrected chi connectivity index (χ1v) is 7.09. The summed E-state index contributed by atoms with van der Waals surface area (Å²) < 4.78 is 0. The quantitative estimate of drug-likeness (QED) is 0.861. The summed E-state index contributed by atoms with van der Waals surface area (Å²) in [7, 11) is 0. The van der Waals surface area contributed by atoms with E-state index in [0.29, 0.717) is 11.8 Å². The van der Waals surface area contributed by atoms with Gasteiger partial charge in [0.25, 0.3) is 0 Å². The first-order valence-electron chi connectivity index (χ1n) is 7.09. The molecule has 2 rings (SSSR count). The monoisotopic (exact) mass is 269 g/mol. The molecule has 0 aromatic heterocycles. The zero-order chi connectivity index (χ0) is 14.7. The number of aryl methyl sites for hydroxylation is 2. The van der Waals surface area contributed by atoms with Crippen molar-refractivity contribution in [2.45, 2.75) is 39.8 Å². The van der Waals surface area contributed by atoms with Crippen LogP contribution >= 0.6 is 0 Å². The zero-order valence-electron chi connectivity index (χ0n) is 12.6. The highest BCUT2D eigenvalue weighted by molar-refractivity contribution is 5.33. The molecule has 0 amide bonds. The van der Waals surface area contributed by atoms with E-state index in [1.807, 2.05) is 12.1 Å². The van der Waals surface area contributed by atoms with Crippen LogP contribution in [-0.4, -0.2) is 5.11 Å². The van der Waals surface area contributed by atoms with Gasteiger partial charge in [0.15, 0.2) is 0 Å². The summed E-state index contributed by atoms with van der Waals surface area (Å²) in [5.41, 5.74) is 5.13. The lowest BCUT2D eigenvalue weighted by Gasteiger charge is -2.22. The van der Waals surface area contributed by atoms with Crippen LogP contribution in [0.25, 0.3) is 0 Å². The molecule has 2 nitrogen and oxygen atoms in total. The van der Waals surface area contributed by atoms with Crippen LogP contribution in [-0.2, 0) is 0 Å². The minimum Gasteiger partial charge on any atom is -0.508 e. The number of hydrogen-bond donors (Lipinski definition) is 2. The van der Waals surface area contributed by atoms with E-state index in [4.69, 9.17) is 0 Å². The SMILES string of the molecule is Cc1ccc(C(C)NC(C)c2ccc(O)cc2)c(C)c1. The van der Waals surface area contributed by atoms with E-state index in [1.165, 1.54) is 22.3 Å². The maximum absolute atomic E-state index is 9.34. The van der Waals surface area contributed by atoms with Gasteiger partial charge in [0.05, 0.1) is 0 Å². The Kier molecular flexibility index (Phi) is 4.46. The van der Waals surface area contributed by atoms with Crippen molar-refractivity contribution in [1.82, 2.24) is 5.32 Å². The van der Waals surface area contributed by atoms with Crippen molar-refractivity contribution in [3.63, 3.8) is 0 Å². The molecule has 0 radical (unpaired) electrons. The van der Waals surface area contributed by atoms with Gasteiger partial charge in [0.1, 0.15) is 5.75 Å². The second-order valence-corrected chi connectivity index (χ2v) is 5.56. The molecule has 2 aromatic carbocycles. The number of aromatic hydroxyl groups is 1. The van der Waals surface area contributed by atoms with Crippen LogP contribution in [0.4, 0.5) is 0 Å². The largest absolute Gasteiger partial charge is 0.508 e. The molecule has 0 heterocycles. The lowest BCUT2D eigenvalue weighted by molar-refractivity contribution is 0.472. The highest BCUT2D eigenvalue weighted by atomic mass is 16.3. The van der Waals surface area contributed by atoms with E-state index in [9.17, 15) is 5.11 Å². The van der Waals surface area contributed by atoms with Gasteiger partial charge in [-0.15, -0.1) is 0 Å². The van der Waals surface area contributed by atoms with Gasteiger partial charge in [-0.3, -0.25) is 0 Å². The smallest absolute Gasteiger partial charge is 0.115 e. The fourth-order valence-corrected chi connectivity index (χ4v) is 2.64. The second kappa shape index (κ2) is 6.10. The zero-order valence-corrected chi connectivity index (χ0v) is 12.6. The summed E-state index contributed by atoms with van der Waals surface area (Å²) >= 11 is 0. The molecular weight excluding hydrogens is 246 g/mol. The van der Waals surface area contributed by atoms with Gasteiger partial charge in [0, 0.05) is 12.1 Å². The lowest BCUT2D eigenvalue weighted by Crippen LogP contribution is -2.23. The van der Waals surface area contributed by atoms with Crippen molar-refractivity contribution in [3.05, 3.63) is 64.7 Å². The van der Waals surface area contributed by atoms with Crippen LogP contribution in [0, 0.1) is 13.8 Å². The summed E-state index contributed by atoms with van der Waals surface area (Å²) in [6.45, 7) is 8.61. The van der Waals surface area contributed by atoms with Gasteiger partial charge < -0.3 is 10.4 Å². The molecule has 2 unspecified atom stereocenters. The van der Waals surface area contributed by atoms with Gasteiger partial charge in [-0.05, 0) is 56.5 Å². The molecule has 2 aromatic rings. The Balaban J connectivity index is 2.10. The Hall–Kier alpha value is -1.80. The van der Waals surface area contributed by atoms with E-state index >= 15 is 0 Å². The van der Waals surface area contributed by atoms with Crippen LogP contribution in [0.1, 0.15) is 48.2 Å². The molecule has 0 bridgehead atoms. The molecule has 20 heavy (non-hydrogen) atoms. The summed E-state index contributed by atoms with van der Waals surface area (Å²) in [5, 5.41) is 13.0. The van der Waals surface area contributed by atoms with Crippen LogP contribution < -0.4 is 5.32 Å². The van der Waals surface area contributed by atoms with Gasteiger partial charge in [-0.1, -0.05) is 35.9 Å². The molecule has 0 aliphatic heterocycles. The molecule has 0 saturated carbocycles. The van der Waals surface area contributed by atoms with E-state index in [2.05, 4.69) is 51.2 Å². The third-order valence-corrected chi connectivity index (χ3v) is 3.78. The number of rotatable bonds is 4. The number of phenolic OH excluding ortho intramolecular Hbond substituents is 1. The fourth-order valence-electron chi connectivity index (χ4n) is 2.64. The maximum Gasteiger partial charge on any atom is 0.115 e. The molecule has 106 valence electrons. The first kappa shape index (κ1) is 14.6. The molecule has 0 aliphatic carbocycles. The minimum absolute atomic E-state index is 0.242. The number of benzene rings is 2. The molecule has 0 aliphatic rings. The van der Waals surface area contributed by atoms with Crippen molar-refractivity contribution in [1.29, 1.82) is 0 Å². The highest BCUT2D eigenvalue weighted by Gasteiger charge is 2.12. The van der Waals surface area contributed by atoms with Crippen LogP contribution in [0.2, 0.25) is 0 Å². The Labute approximate surface area is 121 Å². The van der Waals surface area contributed by atoms with E-state index < -0.39 is 0 Å². The molecule has 0 saturated heterocycles. The average Bonchev–Trinajstić information content (AvgIpc) is 2.39. The Morgan fingerprint density at radius 2 is 1.55 bits per heavy atom. The normalized spacial score (nSPS) is 14.0. The molecular formula is C18H23NO. The van der Waals surface area contributed by atoms with Gasteiger partial charge in [0.2, 0.25) is 0 Å². The van der Waals surface area contributed by atoms with E-state index in [1.54, 1.807) is 12.1 Å². The van der Waals surface area contributed by atoms with Crippen molar-refractivity contribution < 1.29 is 5.11 Å². The maximum atomic E-state index is 9.34. The molecule has 0 fully saturated rings. The number of nitrogens with one attached hydrogen (secondary N) is 1. The van der Waals surface area contributed by atoms with Gasteiger partial charge in [-0.25, -0.2) is 0 Å². The highest BCUT2D eigenvalue weighted by Crippen LogP contribution is 2.23. The van der Waals surface area contributed by atoms with Gasteiger partial charge in [-0.2, -0.15) is 0 Å². The molecule has 0 spiro atoms. The third kappa shape index (κ3) is 3.40. The Morgan fingerprint density at radius 1 is 0.900 bits per heavy atom. The predicted octanol–water partition coefficient (Wildman–Crippen LogP) is 4.42. The van der Waals surface area contributed by atoms with Crippen molar-refractivity contribution in [2.75, 3.05) is 0 Å². The number of phenols is 1. The number of hydrogen-bond acceptors (Lipinski definition) is 2. The van der Waals surface area contributed by atoms with Gasteiger partial charge >= 0.3 is 0 Å². The standard InChI is InChI=1S/C18H23NO/c1-12-5-10-18(13(2)11-12)15(4)19-14(3)16-6-8-17(20)9-7-16/h5-11,14-15,19-20H,1-4H3. The van der Waals surface area contributed by atoms with Crippen LogP contribution in [0.15, 0.2) is 42.5 Å². The summed E-state index contributed by atoms with van der Waals surface area (Å²) in [6, 6.07) is 14.5. The first-order chi connectivity index (χ1) is 9.47. The summed E-state index contributed by atoms with van der Waals surface area (Å²) in [5.74, 6) is 0.309. The molecule has 2 atom stereocenters. The van der Waals surface area contributed by atoms with Crippen LogP contribution in [0.5, 0.6) is 5.75 Å². The van der Waals surface area contributed by atoms with Crippen molar-refractivity contribution >= 4 is 0 Å². The minimum atomic E-state index is 0.242. The van der Waals surface area contributed by atoms with Crippen molar-refractivity contribution in [3.8, 4) is 5.75 Å². The van der Waals surface area contributed by atoms with Crippen molar-refractivity contribution in [2.24, 2.45) is 0 Å². The summed E-state index contributed by atoms with van der Waals surface area (Å²) in [6.07, 6.45) is 0. The Bertz CT molecular complexity index is 574. The third-order valence-electron chi connectivity index (χ3n) is 3.78. The lowest BCUT2D eigenvalue weighted by atomic mass is 9.99. The van der Waals surface area contributed by atoms with E-state index in [-0.39, 0.29) is 6.04 Å².